The van der Waals surface area contributed by atoms with Gasteiger partial charge in [0.25, 0.3) is 0 Å². The lowest BCUT2D eigenvalue weighted by molar-refractivity contribution is 0.0601. The molecule has 0 aromatic heterocycles. The molecular formula is C14H19NO3. The first-order valence-electron chi connectivity index (χ1n) is 6.17. The number of esters is 1. The molecule has 4 heteroatoms. The molecule has 2 rings (SSSR count). The number of benzene rings is 1. The minimum Gasteiger partial charge on any atom is -0.495 e. The van der Waals surface area contributed by atoms with E-state index in [1.54, 1.807) is 13.2 Å². The number of anilines is 1. The maximum Gasteiger partial charge on any atom is 0.340 e. The molecule has 0 spiro atoms. The monoisotopic (exact) mass is 249 g/mol. The van der Waals surface area contributed by atoms with Crippen LogP contribution in [-0.2, 0) is 4.74 Å². The Bertz CT molecular complexity index is 445. The number of methoxy groups -OCH3 is 2. The van der Waals surface area contributed by atoms with E-state index in [-0.39, 0.29) is 5.97 Å². The van der Waals surface area contributed by atoms with Crippen molar-refractivity contribution in [3.05, 3.63) is 23.8 Å². The molecule has 0 aliphatic carbocycles. The maximum atomic E-state index is 11.8. The van der Waals surface area contributed by atoms with Crippen LogP contribution in [0.3, 0.4) is 0 Å². The van der Waals surface area contributed by atoms with E-state index < -0.39 is 0 Å². The molecule has 0 bridgehead atoms. The summed E-state index contributed by atoms with van der Waals surface area (Å²) in [5.41, 5.74) is 1.43. The van der Waals surface area contributed by atoms with Gasteiger partial charge in [-0.05, 0) is 24.5 Å². The normalized spacial score (nSPS) is 18.8. The molecular weight excluding hydrogens is 230 g/mol. The summed E-state index contributed by atoms with van der Waals surface area (Å²) in [7, 11) is 3.03. The minimum atomic E-state index is -0.316. The molecule has 0 N–H and O–H groups in total. The average molecular weight is 249 g/mol. The van der Waals surface area contributed by atoms with Gasteiger partial charge in [-0.3, -0.25) is 0 Å². The molecule has 18 heavy (non-hydrogen) atoms. The predicted molar refractivity (Wildman–Crippen MR) is 70.3 cm³/mol. The van der Waals surface area contributed by atoms with Crippen LogP contribution >= 0.6 is 0 Å². The first-order chi connectivity index (χ1) is 8.67. The number of carbonyl (C=O) groups is 1. The van der Waals surface area contributed by atoms with E-state index in [1.807, 2.05) is 12.1 Å². The summed E-state index contributed by atoms with van der Waals surface area (Å²) in [6.45, 7) is 4.11. The highest BCUT2D eigenvalue weighted by atomic mass is 16.5. The summed E-state index contributed by atoms with van der Waals surface area (Å²) in [6, 6.07) is 5.48. The van der Waals surface area contributed by atoms with Gasteiger partial charge < -0.3 is 14.4 Å². The highest BCUT2D eigenvalue weighted by molar-refractivity contribution is 5.97. The van der Waals surface area contributed by atoms with Crippen molar-refractivity contribution in [2.24, 2.45) is 5.92 Å². The van der Waals surface area contributed by atoms with Gasteiger partial charge in [-0.15, -0.1) is 0 Å². The SMILES string of the molecule is COC(=O)c1cccc(OC)c1N1CCC(C)C1. The van der Waals surface area contributed by atoms with E-state index in [4.69, 9.17) is 9.47 Å². The van der Waals surface area contributed by atoms with Crippen molar-refractivity contribution in [2.75, 3.05) is 32.2 Å². The van der Waals surface area contributed by atoms with Crippen LogP contribution < -0.4 is 9.64 Å². The Kier molecular flexibility index (Phi) is 3.75. The van der Waals surface area contributed by atoms with E-state index in [1.165, 1.54) is 7.11 Å². The molecule has 1 fully saturated rings. The number of hydrogen-bond acceptors (Lipinski definition) is 4. The van der Waals surface area contributed by atoms with Crippen LogP contribution in [0.25, 0.3) is 0 Å². The Labute approximate surface area is 107 Å². The van der Waals surface area contributed by atoms with Gasteiger partial charge in [-0.2, -0.15) is 0 Å². The van der Waals surface area contributed by atoms with Gasteiger partial charge in [-0.25, -0.2) is 4.79 Å². The zero-order valence-electron chi connectivity index (χ0n) is 11.1. The van der Waals surface area contributed by atoms with E-state index in [0.29, 0.717) is 11.5 Å². The van der Waals surface area contributed by atoms with Crippen molar-refractivity contribution in [2.45, 2.75) is 13.3 Å². The number of carbonyl (C=O) groups excluding carboxylic acids is 1. The van der Waals surface area contributed by atoms with E-state index in [9.17, 15) is 4.79 Å². The number of nitrogens with zero attached hydrogens (tertiary/aromatic N) is 1. The predicted octanol–water partition coefficient (Wildman–Crippen LogP) is 2.33. The smallest absolute Gasteiger partial charge is 0.340 e. The maximum absolute atomic E-state index is 11.8. The van der Waals surface area contributed by atoms with Crippen LogP contribution in [0.4, 0.5) is 5.69 Å². The van der Waals surface area contributed by atoms with Crippen LogP contribution in [0.1, 0.15) is 23.7 Å². The first kappa shape index (κ1) is 12.7. The molecule has 1 aromatic rings. The fourth-order valence-corrected chi connectivity index (χ4v) is 2.43. The molecule has 0 radical (unpaired) electrons. The van der Waals surface area contributed by atoms with Gasteiger partial charge >= 0.3 is 5.97 Å². The molecule has 1 atom stereocenters. The third-order valence-corrected chi connectivity index (χ3v) is 3.36. The topological polar surface area (TPSA) is 38.8 Å². The van der Waals surface area contributed by atoms with Crippen LogP contribution in [0.2, 0.25) is 0 Å². The number of ether oxygens (including phenoxy) is 2. The molecule has 1 aliphatic heterocycles. The fraction of sp³-hybridized carbons (Fsp3) is 0.500. The molecule has 1 unspecified atom stereocenters. The zero-order valence-corrected chi connectivity index (χ0v) is 11.1. The minimum absolute atomic E-state index is 0.316. The summed E-state index contributed by atoms with van der Waals surface area (Å²) in [4.78, 5) is 14.0. The van der Waals surface area contributed by atoms with Crippen molar-refractivity contribution < 1.29 is 14.3 Å². The average Bonchev–Trinajstić information content (AvgIpc) is 2.83. The summed E-state index contributed by atoms with van der Waals surface area (Å²) >= 11 is 0. The molecule has 0 amide bonds. The summed E-state index contributed by atoms with van der Waals surface area (Å²) in [5.74, 6) is 1.05. The molecule has 1 heterocycles. The van der Waals surface area contributed by atoms with Gasteiger partial charge in [0.2, 0.25) is 0 Å². The second kappa shape index (κ2) is 5.29. The molecule has 98 valence electrons. The Morgan fingerprint density at radius 3 is 2.72 bits per heavy atom. The Hall–Kier alpha value is -1.71. The third kappa shape index (κ3) is 2.28. The first-order valence-corrected chi connectivity index (χ1v) is 6.17. The van der Waals surface area contributed by atoms with E-state index in [0.717, 1.165) is 30.9 Å². The number of para-hydroxylation sites is 1. The Balaban J connectivity index is 2.44. The van der Waals surface area contributed by atoms with Crippen molar-refractivity contribution in [3.8, 4) is 5.75 Å². The highest BCUT2D eigenvalue weighted by Gasteiger charge is 2.26. The quantitative estimate of drug-likeness (QED) is 0.771. The van der Waals surface area contributed by atoms with Gasteiger partial charge in [-0.1, -0.05) is 13.0 Å². The molecule has 0 saturated carbocycles. The largest absolute Gasteiger partial charge is 0.495 e. The van der Waals surface area contributed by atoms with Crippen LogP contribution in [-0.4, -0.2) is 33.3 Å². The Morgan fingerprint density at radius 1 is 1.39 bits per heavy atom. The van der Waals surface area contributed by atoms with Gasteiger partial charge in [0.1, 0.15) is 5.75 Å². The second-order valence-corrected chi connectivity index (χ2v) is 4.69. The molecule has 1 saturated heterocycles. The lowest BCUT2D eigenvalue weighted by Gasteiger charge is -2.23. The lowest BCUT2D eigenvalue weighted by Crippen LogP contribution is -2.23. The summed E-state index contributed by atoms with van der Waals surface area (Å²) < 4.78 is 10.2. The van der Waals surface area contributed by atoms with Crippen molar-refractivity contribution in [3.63, 3.8) is 0 Å². The van der Waals surface area contributed by atoms with Gasteiger partial charge in [0.05, 0.1) is 25.5 Å². The Morgan fingerprint density at radius 2 is 2.17 bits per heavy atom. The van der Waals surface area contributed by atoms with E-state index >= 15 is 0 Å². The van der Waals surface area contributed by atoms with Crippen molar-refractivity contribution >= 4 is 11.7 Å². The van der Waals surface area contributed by atoms with Crippen LogP contribution in [0, 0.1) is 5.92 Å². The standard InChI is InChI=1S/C14H19NO3/c1-10-7-8-15(9-10)13-11(14(16)18-3)5-4-6-12(13)17-2/h4-6,10H,7-9H2,1-3H3. The van der Waals surface area contributed by atoms with Crippen molar-refractivity contribution in [1.29, 1.82) is 0 Å². The molecule has 4 nitrogen and oxygen atoms in total. The second-order valence-electron chi connectivity index (χ2n) is 4.69. The van der Waals surface area contributed by atoms with Gasteiger partial charge in [0, 0.05) is 13.1 Å². The molecule has 1 aromatic carbocycles. The zero-order chi connectivity index (χ0) is 13.1. The number of rotatable bonds is 3. The van der Waals surface area contributed by atoms with Crippen molar-refractivity contribution in [1.82, 2.24) is 0 Å². The fourth-order valence-electron chi connectivity index (χ4n) is 2.43. The van der Waals surface area contributed by atoms with Crippen LogP contribution in [0.5, 0.6) is 5.75 Å². The lowest BCUT2D eigenvalue weighted by atomic mass is 10.1. The highest BCUT2D eigenvalue weighted by Crippen LogP contribution is 2.35. The summed E-state index contributed by atoms with van der Waals surface area (Å²) in [5, 5.41) is 0. The molecule has 1 aliphatic rings. The van der Waals surface area contributed by atoms with Gasteiger partial charge in [0.15, 0.2) is 0 Å². The number of hydrogen-bond donors (Lipinski definition) is 0. The van der Waals surface area contributed by atoms with E-state index in [2.05, 4.69) is 11.8 Å². The van der Waals surface area contributed by atoms with Crippen LogP contribution in [0.15, 0.2) is 18.2 Å². The third-order valence-electron chi connectivity index (χ3n) is 3.36. The summed E-state index contributed by atoms with van der Waals surface area (Å²) in [6.07, 6.45) is 1.14.